The molecule has 1 N–H and O–H groups in total. The molecule has 4 nitrogen and oxygen atoms in total. The first-order valence-electron chi connectivity index (χ1n) is 7.06. The van der Waals surface area contributed by atoms with E-state index in [2.05, 4.69) is 28.4 Å². The zero-order valence-corrected chi connectivity index (χ0v) is 11.3. The smallest absolute Gasteiger partial charge is 0.176 e. The summed E-state index contributed by atoms with van der Waals surface area (Å²) in [5, 5.41) is 7.88. The van der Waals surface area contributed by atoms with Crippen molar-refractivity contribution in [3.05, 3.63) is 36.8 Å². The second-order valence-electron chi connectivity index (χ2n) is 5.30. The van der Waals surface area contributed by atoms with Crippen LogP contribution < -0.4 is 5.32 Å². The summed E-state index contributed by atoms with van der Waals surface area (Å²) in [5.74, 6) is 1.66. The SMILES string of the molecule is CC(Nc1cccnc1-n1cccn1)C1CCCC1. The molecule has 1 unspecified atom stereocenters. The fraction of sp³-hybridized carbons (Fsp3) is 0.467. The lowest BCUT2D eigenvalue weighted by atomic mass is 9.99. The van der Waals surface area contributed by atoms with Crippen molar-refractivity contribution in [1.82, 2.24) is 14.8 Å². The van der Waals surface area contributed by atoms with Gasteiger partial charge in [-0.3, -0.25) is 0 Å². The average Bonchev–Trinajstić information content (AvgIpc) is 3.13. The molecule has 100 valence electrons. The molecular weight excluding hydrogens is 236 g/mol. The van der Waals surface area contributed by atoms with Crippen LogP contribution in [-0.4, -0.2) is 20.8 Å². The molecule has 1 aliphatic carbocycles. The Morgan fingerprint density at radius 2 is 2.11 bits per heavy atom. The van der Waals surface area contributed by atoms with Crippen LogP contribution in [0.3, 0.4) is 0 Å². The minimum absolute atomic E-state index is 0.487. The first-order chi connectivity index (χ1) is 9.34. The Hall–Kier alpha value is -1.84. The molecule has 4 heteroatoms. The summed E-state index contributed by atoms with van der Waals surface area (Å²) >= 11 is 0. The number of anilines is 1. The molecule has 0 bridgehead atoms. The highest BCUT2D eigenvalue weighted by Crippen LogP contribution is 2.30. The van der Waals surface area contributed by atoms with Gasteiger partial charge < -0.3 is 5.32 Å². The summed E-state index contributed by atoms with van der Waals surface area (Å²) in [4.78, 5) is 4.44. The lowest BCUT2D eigenvalue weighted by Gasteiger charge is -2.22. The zero-order valence-electron chi connectivity index (χ0n) is 11.3. The van der Waals surface area contributed by atoms with E-state index < -0.39 is 0 Å². The van der Waals surface area contributed by atoms with Crippen LogP contribution in [0.5, 0.6) is 0 Å². The standard InChI is InChI=1S/C15H20N4/c1-12(13-6-2-3-7-13)18-14-8-4-9-16-15(14)19-11-5-10-17-19/h4-5,8-13,18H,2-3,6-7H2,1H3. The van der Waals surface area contributed by atoms with E-state index in [0.717, 1.165) is 17.4 Å². The van der Waals surface area contributed by atoms with Crippen LogP contribution in [-0.2, 0) is 0 Å². The predicted molar refractivity (Wildman–Crippen MR) is 76.4 cm³/mol. The maximum absolute atomic E-state index is 4.44. The van der Waals surface area contributed by atoms with Gasteiger partial charge in [0.05, 0.1) is 5.69 Å². The van der Waals surface area contributed by atoms with Crippen LogP contribution in [0.1, 0.15) is 32.6 Å². The van der Waals surface area contributed by atoms with E-state index in [-0.39, 0.29) is 0 Å². The van der Waals surface area contributed by atoms with E-state index >= 15 is 0 Å². The summed E-state index contributed by atoms with van der Waals surface area (Å²) in [6, 6.07) is 6.45. The van der Waals surface area contributed by atoms with Gasteiger partial charge in [-0.15, -0.1) is 0 Å². The molecule has 1 atom stereocenters. The van der Waals surface area contributed by atoms with E-state index in [1.807, 2.05) is 29.2 Å². The molecule has 3 rings (SSSR count). The molecule has 0 aliphatic heterocycles. The van der Waals surface area contributed by atoms with Crippen molar-refractivity contribution in [3.8, 4) is 5.82 Å². The van der Waals surface area contributed by atoms with Crippen molar-refractivity contribution in [2.45, 2.75) is 38.6 Å². The van der Waals surface area contributed by atoms with Crippen molar-refractivity contribution >= 4 is 5.69 Å². The Bertz CT molecular complexity index is 515. The fourth-order valence-electron chi connectivity index (χ4n) is 2.91. The van der Waals surface area contributed by atoms with E-state index in [4.69, 9.17) is 0 Å². The summed E-state index contributed by atoms with van der Waals surface area (Å²) in [5.41, 5.74) is 1.06. The van der Waals surface area contributed by atoms with Crippen LogP contribution >= 0.6 is 0 Å². The van der Waals surface area contributed by atoms with Crippen LogP contribution in [0.25, 0.3) is 5.82 Å². The van der Waals surface area contributed by atoms with Crippen molar-refractivity contribution in [1.29, 1.82) is 0 Å². The van der Waals surface area contributed by atoms with E-state index in [1.165, 1.54) is 25.7 Å². The van der Waals surface area contributed by atoms with E-state index in [0.29, 0.717) is 6.04 Å². The molecule has 1 aliphatic rings. The molecular formula is C15H20N4. The Labute approximate surface area is 113 Å². The number of hydrogen-bond acceptors (Lipinski definition) is 3. The van der Waals surface area contributed by atoms with Crippen LogP contribution in [0, 0.1) is 5.92 Å². The zero-order chi connectivity index (χ0) is 13.1. The minimum Gasteiger partial charge on any atom is -0.379 e. The number of nitrogens with one attached hydrogen (secondary N) is 1. The normalized spacial score (nSPS) is 17.5. The number of nitrogens with zero attached hydrogens (tertiary/aromatic N) is 3. The maximum Gasteiger partial charge on any atom is 0.176 e. The summed E-state index contributed by atoms with van der Waals surface area (Å²) in [6.45, 7) is 2.27. The van der Waals surface area contributed by atoms with Crippen LogP contribution in [0.4, 0.5) is 5.69 Å². The van der Waals surface area contributed by atoms with E-state index in [9.17, 15) is 0 Å². The second-order valence-corrected chi connectivity index (χ2v) is 5.30. The molecule has 2 aromatic rings. The van der Waals surface area contributed by atoms with Crippen LogP contribution in [0.15, 0.2) is 36.8 Å². The summed E-state index contributed by atoms with van der Waals surface area (Å²) in [7, 11) is 0. The highest BCUT2D eigenvalue weighted by atomic mass is 15.3. The average molecular weight is 256 g/mol. The van der Waals surface area contributed by atoms with E-state index in [1.54, 1.807) is 6.20 Å². The van der Waals surface area contributed by atoms with Gasteiger partial charge in [-0.1, -0.05) is 12.8 Å². The number of rotatable bonds is 4. The molecule has 1 fully saturated rings. The molecule has 0 amide bonds. The molecule has 1 saturated carbocycles. The predicted octanol–water partition coefficient (Wildman–Crippen LogP) is 3.26. The molecule has 2 aromatic heterocycles. The summed E-state index contributed by atoms with van der Waals surface area (Å²) in [6.07, 6.45) is 10.9. The first-order valence-corrected chi connectivity index (χ1v) is 7.06. The highest BCUT2D eigenvalue weighted by molar-refractivity contribution is 5.56. The lowest BCUT2D eigenvalue weighted by Crippen LogP contribution is -2.24. The van der Waals surface area contributed by atoms with Gasteiger partial charge in [0.1, 0.15) is 0 Å². The minimum atomic E-state index is 0.487. The summed E-state index contributed by atoms with van der Waals surface area (Å²) < 4.78 is 1.81. The third-order valence-corrected chi connectivity index (χ3v) is 4.00. The largest absolute Gasteiger partial charge is 0.379 e. The van der Waals surface area contributed by atoms with Gasteiger partial charge in [0, 0.05) is 24.6 Å². The second kappa shape index (κ2) is 5.43. The third-order valence-electron chi connectivity index (χ3n) is 4.00. The Morgan fingerprint density at radius 3 is 2.84 bits per heavy atom. The molecule has 19 heavy (non-hydrogen) atoms. The first kappa shape index (κ1) is 12.2. The molecule has 0 spiro atoms. The molecule has 2 heterocycles. The van der Waals surface area contributed by atoms with Gasteiger partial charge in [0.2, 0.25) is 0 Å². The highest BCUT2D eigenvalue weighted by Gasteiger charge is 2.22. The lowest BCUT2D eigenvalue weighted by molar-refractivity contribution is 0.482. The van der Waals surface area contributed by atoms with Gasteiger partial charge >= 0.3 is 0 Å². The van der Waals surface area contributed by atoms with Crippen molar-refractivity contribution in [3.63, 3.8) is 0 Å². The quantitative estimate of drug-likeness (QED) is 0.913. The van der Waals surface area contributed by atoms with Gasteiger partial charge in [-0.2, -0.15) is 5.10 Å². The van der Waals surface area contributed by atoms with Gasteiger partial charge in [-0.25, -0.2) is 9.67 Å². The molecule has 0 aromatic carbocycles. The van der Waals surface area contributed by atoms with Crippen molar-refractivity contribution < 1.29 is 0 Å². The topological polar surface area (TPSA) is 42.7 Å². The third kappa shape index (κ3) is 2.62. The number of pyridine rings is 1. The number of hydrogen-bond donors (Lipinski definition) is 1. The van der Waals surface area contributed by atoms with Gasteiger partial charge in [0.25, 0.3) is 0 Å². The molecule has 0 saturated heterocycles. The number of aromatic nitrogens is 3. The fourth-order valence-corrected chi connectivity index (χ4v) is 2.91. The Morgan fingerprint density at radius 1 is 1.26 bits per heavy atom. The van der Waals surface area contributed by atoms with Gasteiger partial charge in [-0.05, 0) is 43.9 Å². The van der Waals surface area contributed by atoms with Crippen LogP contribution in [0.2, 0.25) is 0 Å². The maximum atomic E-state index is 4.44. The van der Waals surface area contributed by atoms with Crippen molar-refractivity contribution in [2.75, 3.05) is 5.32 Å². The molecule has 0 radical (unpaired) electrons. The van der Waals surface area contributed by atoms with Crippen molar-refractivity contribution in [2.24, 2.45) is 5.92 Å². The Balaban J connectivity index is 1.80. The Kier molecular flexibility index (Phi) is 3.49. The van der Waals surface area contributed by atoms with Gasteiger partial charge in [0.15, 0.2) is 5.82 Å². The monoisotopic (exact) mass is 256 g/mol.